The number of carbonyl (C=O) groups excluding carboxylic acids is 3. The topological polar surface area (TPSA) is 138 Å². The molecule has 2 aromatic rings. The second kappa shape index (κ2) is 11.9. The van der Waals surface area contributed by atoms with Gasteiger partial charge in [-0.1, -0.05) is 24.1 Å². The molecule has 4 rings (SSSR count). The molecule has 2 aromatic carbocycles. The number of benzene rings is 2. The second-order valence-corrected chi connectivity index (χ2v) is 9.51. The summed E-state index contributed by atoms with van der Waals surface area (Å²) in [6.45, 7) is 3.13. The van der Waals surface area contributed by atoms with Crippen LogP contribution in [0.1, 0.15) is 35.2 Å². The summed E-state index contributed by atoms with van der Waals surface area (Å²) in [5, 5.41) is 8.44. The lowest BCUT2D eigenvalue weighted by Crippen LogP contribution is -2.58. The van der Waals surface area contributed by atoms with Gasteiger partial charge >= 0.3 is 0 Å². The predicted molar refractivity (Wildman–Crippen MR) is 142 cm³/mol. The molecule has 38 heavy (non-hydrogen) atoms. The number of anilines is 1. The number of hydrogen-bond donors (Lipinski definition) is 4. The number of nitrogens with two attached hydrogens (primary N) is 1. The number of ether oxygens (including phenoxy) is 1. The molecule has 0 saturated carbocycles. The van der Waals surface area contributed by atoms with Gasteiger partial charge in [0.1, 0.15) is 17.3 Å². The Morgan fingerprint density at radius 2 is 1.92 bits per heavy atom. The van der Waals surface area contributed by atoms with Gasteiger partial charge in [-0.25, -0.2) is 4.39 Å². The summed E-state index contributed by atoms with van der Waals surface area (Å²) in [5.41, 5.74) is 4.76. The number of methoxy groups -OCH3 is 1. The first-order valence-electron chi connectivity index (χ1n) is 12.3. The third-order valence-electron chi connectivity index (χ3n) is 6.74. The normalized spacial score (nSPS) is 19.5. The smallest absolute Gasteiger partial charge is 0.268 e. The predicted octanol–water partition coefficient (Wildman–Crippen LogP) is 2.02. The fourth-order valence-corrected chi connectivity index (χ4v) is 5.00. The van der Waals surface area contributed by atoms with Crippen LogP contribution in [-0.2, 0) is 15.1 Å². The highest BCUT2D eigenvalue weighted by Crippen LogP contribution is 2.34. The molecular weight excluding hydrogens is 515 g/mol. The van der Waals surface area contributed by atoms with Crippen molar-refractivity contribution in [3.63, 3.8) is 0 Å². The number of amides is 3. The quantitative estimate of drug-likeness (QED) is 0.381. The van der Waals surface area contributed by atoms with Gasteiger partial charge in [0.2, 0.25) is 5.91 Å². The molecule has 12 heteroatoms. The molecule has 0 aliphatic carbocycles. The highest BCUT2D eigenvalue weighted by molar-refractivity contribution is 6.47. The lowest BCUT2D eigenvalue weighted by molar-refractivity contribution is -0.123. The summed E-state index contributed by atoms with van der Waals surface area (Å²) in [6.07, 6.45) is 3.51. The van der Waals surface area contributed by atoms with Crippen LogP contribution in [0.25, 0.3) is 0 Å². The molecule has 3 amide bonds. The number of halogens is 2. The van der Waals surface area contributed by atoms with E-state index in [9.17, 15) is 18.8 Å². The number of nitrogens with one attached hydrogen (secondary N) is 3. The van der Waals surface area contributed by atoms with Crippen molar-refractivity contribution in [2.75, 3.05) is 45.3 Å². The van der Waals surface area contributed by atoms with Crippen LogP contribution < -0.4 is 26.4 Å². The van der Waals surface area contributed by atoms with E-state index in [1.807, 2.05) is 0 Å². The summed E-state index contributed by atoms with van der Waals surface area (Å²) < 4.78 is 18.8. The van der Waals surface area contributed by atoms with Crippen molar-refractivity contribution in [3.8, 4) is 5.75 Å². The first kappa shape index (κ1) is 27.5. The number of piperidine rings is 1. The Balaban J connectivity index is 1.54. The number of nitrogens with zero attached hydrogens (tertiary/aromatic N) is 2. The van der Waals surface area contributed by atoms with Gasteiger partial charge in [0.05, 0.1) is 30.1 Å². The average Bonchev–Trinajstić information content (AvgIpc) is 3.36. The summed E-state index contributed by atoms with van der Waals surface area (Å²) in [6, 6.07) is 8.00. The Hall–Kier alpha value is -3.54. The molecule has 5 N–H and O–H groups in total. The van der Waals surface area contributed by atoms with E-state index in [4.69, 9.17) is 22.1 Å². The van der Waals surface area contributed by atoms with Crippen LogP contribution in [0.2, 0.25) is 5.02 Å². The van der Waals surface area contributed by atoms with Crippen LogP contribution >= 0.6 is 11.6 Å². The van der Waals surface area contributed by atoms with Gasteiger partial charge in [0, 0.05) is 13.1 Å². The van der Waals surface area contributed by atoms with Crippen molar-refractivity contribution in [2.24, 2.45) is 10.7 Å². The third kappa shape index (κ3) is 5.64. The molecule has 10 nitrogen and oxygen atoms in total. The SMILES string of the molecule is COc1cc(C2(C(N)=O)NCN=C2C(=O)NCCN2CCCCC2)ccc1NC(=O)c1ccc(F)cc1Cl. The molecule has 0 bridgehead atoms. The van der Waals surface area contributed by atoms with Gasteiger partial charge in [0.25, 0.3) is 11.8 Å². The number of primary amides is 1. The molecule has 2 heterocycles. The average molecular weight is 545 g/mol. The number of hydrogen-bond acceptors (Lipinski definition) is 7. The van der Waals surface area contributed by atoms with E-state index in [0.717, 1.165) is 38.1 Å². The Kier molecular flexibility index (Phi) is 8.60. The molecule has 2 aliphatic heterocycles. The maximum atomic E-state index is 13.4. The molecule has 1 saturated heterocycles. The maximum Gasteiger partial charge on any atom is 0.268 e. The van der Waals surface area contributed by atoms with E-state index in [1.54, 1.807) is 6.07 Å². The van der Waals surface area contributed by atoms with Crippen LogP contribution in [0, 0.1) is 5.82 Å². The van der Waals surface area contributed by atoms with Crippen molar-refractivity contribution in [2.45, 2.75) is 24.8 Å². The second-order valence-electron chi connectivity index (χ2n) is 9.11. The molecular formula is C26H30ClFN6O4. The van der Waals surface area contributed by atoms with Crippen LogP contribution in [0.5, 0.6) is 5.75 Å². The fraction of sp³-hybridized carbons (Fsp3) is 0.385. The molecule has 0 spiro atoms. The Morgan fingerprint density at radius 1 is 1.16 bits per heavy atom. The standard InChI is InChI=1S/C26H30ClFN6O4/c1-38-21-13-16(5-8-20(21)33-23(35)18-7-6-17(28)14-19(18)27)26(25(29)37)22(31-15-32-26)24(36)30-9-12-34-10-3-2-4-11-34/h5-8,13-14,32H,2-4,9-12,15H2,1H3,(H2,29,37)(H,30,36)(H,33,35). The number of aliphatic imine (C=N–C) groups is 1. The molecule has 1 unspecified atom stereocenters. The van der Waals surface area contributed by atoms with Crippen LogP contribution in [0.15, 0.2) is 41.4 Å². The lowest BCUT2D eigenvalue weighted by Gasteiger charge is -2.29. The fourth-order valence-electron chi connectivity index (χ4n) is 4.75. The van der Waals surface area contributed by atoms with Crippen molar-refractivity contribution in [1.29, 1.82) is 0 Å². The van der Waals surface area contributed by atoms with Crippen molar-refractivity contribution in [1.82, 2.24) is 15.5 Å². The van der Waals surface area contributed by atoms with Crippen molar-refractivity contribution >= 4 is 40.7 Å². The van der Waals surface area contributed by atoms with E-state index in [-0.39, 0.29) is 34.4 Å². The first-order chi connectivity index (χ1) is 18.3. The summed E-state index contributed by atoms with van der Waals surface area (Å²) in [7, 11) is 1.39. The van der Waals surface area contributed by atoms with Gasteiger partial charge in [-0.05, 0) is 61.8 Å². The van der Waals surface area contributed by atoms with E-state index in [1.165, 1.54) is 31.7 Å². The van der Waals surface area contributed by atoms with Crippen molar-refractivity contribution in [3.05, 3.63) is 58.4 Å². The number of carbonyl (C=O) groups is 3. The molecule has 0 aromatic heterocycles. The van der Waals surface area contributed by atoms with E-state index in [2.05, 4.69) is 25.8 Å². The highest BCUT2D eigenvalue weighted by Gasteiger charge is 2.49. The molecule has 202 valence electrons. The van der Waals surface area contributed by atoms with Crippen LogP contribution in [-0.4, -0.2) is 68.3 Å². The zero-order valence-corrected chi connectivity index (χ0v) is 21.7. The van der Waals surface area contributed by atoms with E-state index >= 15 is 0 Å². The first-order valence-corrected chi connectivity index (χ1v) is 12.7. The largest absolute Gasteiger partial charge is 0.495 e. The number of rotatable bonds is 9. The highest BCUT2D eigenvalue weighted by atomic mass is 35.5. The zero-order chi connectivity index (χ0) is 27.3. The zero-order valence-electron chi connectivity index (χ0n) is 21.0. The third-order valence-corrected chi connectivity index (χ3v) is 7.05. The van der Waals surface area contributed by atoms with E-state index < -0.39 is 29.1 Å². The minimum Gasteiger partial charge on any atom is -0.495 e. The van der Waals surface area contributed by atoms with Gasteiger partial charge in [-0.2, -0.15) is 0 Å². The maximum absolute atomic E-state index is 13.4. The van der Waals surface area contributed by atoms with Gasteiger partial charge < -0.3 is 26.0 Å². The molecule has 1 atom stereocenters. The minimum absolute atomic E-state index is 0.0156. The van der Waals surface area contributed by atoms with Crippen molar-refractivity contribution < 1.29 is 23.5 Å². The Morgan fingerprint density at radius 3 is 2.61 bits per heavy atom. The van der Waals surface area contributed by atoms with Gasteiger partial charge in [-0.3, -0.25) is 24.7 Å². The summed E-state index contributed by atoms with van der Waals surface area (Å²) >= 11 is 6.01. The molecule has 1 fully saturated rings. The van der Waals surface area contributed by atoms with Crippen LogP contribution in [0.3, 0.4) is 0 Å². The minimum atomic E-state index is -1.69. The summed E-state index contributed by atoms with van der Waals surface area (Å²) in [4.78, 5) is 45.2. The summed E-state index contributed by atoms with van der Waals surface area (Å²) in [5.74, 6) is -2.25. The van der Waals surface area contributed by atoms with Crippen LogP contribution in [0.4, 0.5) is 10.1 Å². The Bertz CT molecular complexity index is 1270. The molecule has 2 aliphatic rings. The van der Waals surface area contributed by atoms with E-state index in [0.29, 0.717) is 18.7 Å². The monoisotopic (exact) mass is 544 g/mol. The van der Waals surface area contributed by atoms with Gasteiger partial charge in [0.15, 0.2) is 5.54 Å². The number of likely N-dealkylation sites (tertiary alicyclic amines) is 1. The molecule has 0 radical (unpaired) electrons. The van der Waals surface area contributed by atoms with Gasteiger partial charge in [-0.15, -0.1) is 0 Å². The Labute approximate surface area is 224 Å². The lowest BCUT2D eigenvalue weighted by atomic mass is 9.84.